The van der Waals surface area contributed by atoms with E-state index in [1.165, 1.54) is 12.1 Å². The maximum Gasteiger partial charge on any atom is 0.230 e. The summed E-state index contributed by atoms with van der Waals surface area (Å²) in [5, 5.41) is 10.9. The van der Waals surface area contributed by atoms with E-state index < -0.39 is 23.5 Å². The first kappa shape index (κ1) is 15.1. The highest BCUT2D eigenvalue weighted by atomic mass is 16.2. The average Bonchev–Trinajstić information content (AvgIpc) is 2.77. The van der Waals surface area contributed by atoms with Crippen LogP contribution in [0.2, 0.25) is 0 Å². The molecule has 6 heteroatoms. The number of benzene rings is 1. The normalized spacial score (nSPS) is 23.2. The molecule has 1 aliphatic heterocycles. The molecule has 0 radical (unpaired) electrons. The molecular formula is C17H13NO5. The molecule has 1 fully saturated rings. The molecule has 3 rings (SSSR count). The maximum atomic E-state index is 12.6. The summed E-state index contributed by atoms with van der Waals surface area (Å²) >= 11 is 0. The highest BCUT2D eigenvalue weighted by Gasteiger charge is 2.47. The highest BCUT2D eigenvalue weighted by molar-refractivity contribution is 6.28. The largest absolute Gasteiger partial charge is 0.384 e. The summed E-state index contributed by atoms with van der Waals surface area (Å²) in [6, 6.07) is 4.62. The van der Waals surface area contributed by atoms with E-state index >= 15 is 0 Å². The van der Waals surface area contributed by atoms with Gasteiger partial charge in [-0.2, -0.15) is 0 Å². The van der Waals surface area contributed by atoms with Crippen molar-refractivity contribution in [3.05, 3.63) is 34.9 Å². The fraction of sp³-hybridized carbons (Fsp3) is 0.294. The highest BCUT2D eigenvalue weighted by Crippen LogP contribution is 2.35. The minimum Gasteiger partial charge on any atom is -0.384 e. The molecule has 2 amide bonds. The Morgan fingerprint density at radius 1 is 1.13 bits per heavy atom. The van der Waals surface area contributed by atoms with Crippen molar-refractivity contribution in [2.45, 2.75) is 12.8 Å². The standard InChI is InChI=1S/C17H13NO5/c19-7-1-2-9-3-4-10-12(8-9)16(22)14(15(10)21)11-5-6-13(20)18-17(11)23/h3-4,8,11,14,19H,5-7H2,(H,18,20,23). The van der Waals surface area contributed by atoms with Crippen LogP contribution in [0.3, 0.4) is 0 Å². The van der Waals surface area contributed by atoms with E-state index in [1.807, 2.05) is 0 Å². The second kappa shape index (κ2) is 5.78. The molecule has 0 aromatic heterocycles. The zero-order valence-corrected chi connectivity index (χ0v) is 12.1. The minimum atomic E-state index is -1.07. The van der Waals surface area contributed by atoms with Gasteiger partial charge in [0.1, 0.15) is 6.61 Å². The quantitative estimate of drug-likeness (QED) is 0.434. The van der Waals surface area contributed by atoms with Gasteiger partial charge in [-0.25, -0.2) is 0 Å². The fourth-order valence-electron chi connectivity index (χ4n) is 3.03. The number of aliphatic hydroxyl groups is 1. The zero-order chi connectivity index (χ0) is 16.6. The van der Waals surface area contributed by atoms with E-state index in [1.54, 1.807) is 6.07 Å². The second-order valence-corrected chi connectivity index (χ2v) is 5.48. The van der Waals surface area contributed by atoms with Crippen molar-refractivity contribution in [1.29, 1.82) is 0 Å². The molecule has 2 N–H and O–H groups in total. The summed E-state index contributed by atoms with van der Waals surface area (Å²) in [6.45, 7) is -0.303. The van der Waals surface area contributed by atoms with Crippen LogP contribution in [0.15, 0.2) is 18.2 Å². The molecule has 23 heavy (non-hydrogen) atoms. The van der Waals surface area contributed by atoms with Gasteiger partial charge < -0.3 is 5.11 Å². The van der Waals surface area contributed by atoms with Gasteiger partial charge in [0.05, 0.1) is 11.8 Å². The number of rotatable bonds is 1. The molecule has 0 spiro atoms. The molecule has 2 aliphatic rings. The zero-order valence-electron chi connectivity index (χ0n) is 12.1. The van der Waals surface area contributed by atoms with E-state index in [4.69, 9.17) is 5.11 Å². The third kappa shape index (κ3) is 2.56. The van der Waals surface area contributed by atoms with Gasteiger partial charge in [0.2, 0.25) is 11.8 Å². The predicted octanol–water partition coefficient (Wildman–Crippen LogP) is 0.0784. The Labute approximate surface area is 131 Å². The molecule has 1 aromatic rings. The molecule has 1 saturated heterocycles. The summed E-state index contributed by atoms with van der Waals surface area (Å²) in [5.41, 5.74) is 1.04. The van der Waals surface area contributed by atoms with Crippen LogP contribution < -0.4 is 5.32 Å². The Hall–Kier alpha value is -2.78. The van der Waals surface area contributed by atoms with E-state index in [9.17, 15) is 19.2 Å². The number of aliphatic hydroxyl groups excluding tert-OH is 1. The Kier molecular flexibility index (Phi) is 3.80. The number of imide groups is 1. The summed E-state index contributed by atoms with van der Waals surface area (Å²) in [6.07, 6.45) is 0.314. The van der Waals surface area contributed by atoms with Gasteiger partial charge >= 0.3 is 0 Å². The van der Waals surface area contributed by atoms with Gasteiger partial charge in [0.25, 0.3) is 0 Å². The van der Waals surface area contributed by atoms with Gasteiger partial charge in [-0.15, -0.1) is 0 Å². The third-order valence-corrected chi connectivity index (χ3v) is 4.11. The number of piperidine rings is 1. The molecule has 2 unspecified atom stereocenters. The van der Waals surface area contributed by atoms with Gasteiger partial charge in [-0.3, -0.25) is 24.5 Å². The van der Waals surface area contributed by atoms with Gasteiger partial charge in [0, 0.05) is 23.1 Å². The fourth-order valence-corrected chi connectivity index (χ4v) is 3.03. The number of nitrogens with one attached hydrogen (secondary N) is 1. The topological polar surface area (TPSA) is 101 Å². The maximum absolute atomic E-state index is 12.6. The van der Waals surface area contributed by atoms with Gasteiger partial charge in [-0.1, -0.05) is 11.8 Å². The monoisotopic (exact) mass is 311 g/mol. The summed E-state index contributed by atoms with van der Waals surface area (Å²) in [7, 11) is 0. The SMILES string of the molecule is O=C1CCC(C2C(=O)c3ccc(C#CCO)cc3C2=O)C(=O)N1. The first-order valence-electron chi connectivity index (χ1n) is 7.19. The first-order chi connectivity index (χ1) is 11.0. The average molecular weight is 311 g/mol. The number of ketones is 2. The lowest BCUT2D eigenvalue weighted by molar-refractivity contribution is -0.137. The Balaban J connectivity index is 1.94. The smallest absolute Gasteiger partial charge is 0.230 e. The Bertz CT molecular complexity index is 799. The van der Waals surface area contributed by atoms with E-state index in [2.05, 4.69) is 17.2 Å². The predicted molar refractivity (Wildman–Crippen MR) is 78.4 cm³/mol. The molecule has 0 bridgehead atoms. The molecule has 1 aromatic carbocycles. The van der Waals surface area contributed by atoms with E-state index in [0.29, 0.717) is 5.56 Å². The van der Waals surface area contributed by atoms with Crippen LogP contribution in [0.4, 0.5) is 0 Å². The number of carbonyl (C=O) groups is 4. The van der Waals surface area contributed by atoms with Crippen LogP contribution >= 0.6 is 0 Å². The molecule has 2 atom stereocenters. The summed E-state index contributed by atoms with van der Waals surface area (Å²) in [5.74, 6) is 1.52. The number of hydrogen-bond acceptors (Lipinski definition) is 5. The third-order valence-electron chi connectivity index (χ3n) is 4.11. The van der Waals surface area contributed by atoms with Crippen LogP contribution in [0.5, 0.6) is 0 Å². The van der Waals surface area contributed by atoms with Crippen molar-refractivity contribution >= 4 is 23.4 Å². The van der Waals surface area contributed by atoms with E-state index in [0.717, 1.165) is 0 Å². The van der Waals surface area contributed by atoms with Crippen LogP contribution in [0.25, 0.3) is 0 Å². The lowest BCUT2D eigenvalue weighted by Gasteiger charge is -2.23. The minimum absolute atomic E-state index is 0.122. The van der Waals surface area contributed by atoms with Gasteiger partial charge in [-0.05, 0) is 24.6 Å². The molecule has 0 saturated carbocycles. The van der Waals surface area contributed by atoms with Crippen molar-refractivity contribution < 1.29 is 24.3 Å². The molecule has 6 nitrogen and oxygen atoms in total. The Morgan fingerprint density at radius 3 is 2.57 bits per heavy atom. The molecule has 1 heterocycles. The number of hydrogen-bond donors (Lipinski definition) is 2. The van der Waals surface area contributed by atoms with Crippen molar-refractivity contribution in [3.63, 3.8) is 0 Å². The van der Waals surface area contributed by atoms with Crippen molar-refractivity contribution in [2.24, 2.45) is 11.8 Å². The van der Waals surface area contributed by atoms with Crippen molar-refractivity contribution in [2.75, 3.05) is 6.61 Å². The van der Waals surface area contributed by atoms with Crippen LogP contribution in [-0.2, 0) is 9.59 Å². The van der Waals surface area contributed by atoms with Crippen molar-refractivity contribution in [1.82, 2.24) is 5.32 Å². The summed E-state index contributed by atoms with van der Waals surface area (Å²) in [4.78, 5) is 48.3. The number of amides is 2. The molecular weight excluding hydrogens is 298 g/mol. The van der Waals surface area contributed by atoms with Crippen LogP contribution in [0.1, 0.15) is 39.1 Å². The molecule has 116 valence electrons. The van der Waals surface area contributed by atoms with Crippen molar-refractivity contribution in [3.8, 4) is 11.8 Å². The second-order valence-electron chi connectivity index (χ2n) is 5.48. The number of carbonyl (C=O) groups excluding carboxylic acids is 4. The van der Waals surface area contributed by atoms with Crippen LogP contribution in [0, 0.1) is 23.7 Å². The first-order valence-corrected chi connectivity index (χ1v) is 7.19. The number of fused-ring (bicyclic) bond motifs is 1. The van der Waals surface area contributed by atoms with Crippen LogP contribution in [-0.4, -0.2) is 35.1 Å². The van der Waals surface area contributed by atoms with Gasteiger partial charge in [0.15, 0.2) is 11.6 Å². The summed E-state index contributed by atoms with van der Waals surface area (Å²) < 4.78 is 0. The molecule has 1 aliphatic carbocycles. The van der Waals surface area contributed by atoms with E-state index in [-0.39, 0.29) is 42.3 Å². The lowest BCUT2D eigenvalue weighted by Crippen LogP contribution is -2.46. The number of Topliss-reactive ketones (excluding diaryl/α,β-unsaturated/α-hetero) is 2. The Morgan fingerprint density at radius 2 is 1.87 bits per heavy atom. The lowest BCUT2D eigenvalue weighted by atomic mass is 9.82.